The van der Waals surface area contributed by atoms with Crippen LogP contribution in [0.25, 0.3) is 0 Å². The van der Waals surface area contributed by atoms with E-state index in [2.05, 4.69) is 10.5 Å². The van der Waals surface area contributed by atoms with Crippen LogP contribution >= 0.6 is 0 Å². The van der Waals surface area contributed by atoms with E-state index < -0.39 is 4.92 Å². The van der Waals surface area contributed by atoms with Gasteiger partial charge in [0.25, 0.3) is 5.69 Å². The highest BCUT2D eigenvalue weighted by Crippen LogP contribution is 2.32. The average molecular weight is 327 g/mol. The monoisotopic (exact) mass is 327 g/mol. The van der Waals surface area contributed by atoms with Gasteiger partial charge >= 0.3 is 0 Å². The Morgan fingerprint density at radius 2 is 2.08 bits per heavy atom. The molecule has 0 saturated heterocycles. The number of non-ortho nitro benzene ring substituents is 1. The van der Waals surface area contributed by atoms with E-state index >= 15 is 0 Å². The largest absolute Gasteiger partial charge is 0.454 e. The summed E-state index contributed by atoms with van der Waals surface area (Å²) in [4.78, 5) is 10.3. The molecule has 3 rings (SSSR count). The van der Waals surface area contributed by atoms with Gasteiger partial charge in [-0.05, 0) is 43.5 Å². The number of ether oxygens (including phenoxy) is 2. The molecule has 0 amide bonds. The molecule has 1 N–H and O–H groups in total. The number of rotatable bonds is 6. The molecule has 1 aliphatic rings. The number of anilines is 1. The Labute approximate surface area is 139 Å². The Morgan fingerprint density at radius 1 is 1.25 bits per heavy atom. The predicted octanol–water partition coefficient (Wildman–Crippen LogP) is 3.74. The second-order valence-corrected chi connectivity index (χ2v) is 5.45. The zero-order valence-electron chi connectivity index (χ0n) is 13.2. The Bertz CT molecular complexity index is 789. The van der Waals surface area contributed by atoms with Crippen LogP contribution in [0.1, 0.15) is 18.9 Å². The van der Waals surface area contributed by atoms with Crippen LogP contribution in [0.15, 0.2) is 47.6 Å². The third-order valence-electron chi connectivity index (χ3n) is 3.65. The quantitative estimate of drug-likeness (QED) is 0.496. The smallest absolute Gasteiger partial charge is 0.271 e. The van der Waals surface area contributed by atoms with E-state index in [1.807, 2.05) is 25.1 Å². The number of aryl methyl sites for hydroxylation is 1. The molecule has 0 spiro atoms. The van der Waals surface area contributed by atoms with Gasteiger partial charge in [-0.3, -0.25) is 15.5 Å². The molecule has 1 heterocycles. The number of hydrazone groups is 1. The third kappa shape index (κ3) is 3.81. The predicted molar refractivity (Wildman–Crippen MR) is 90.7 cm³/mol. The summed E-state index contributed by atoms with van der Waals surface area (Å²) in [6.07, 6.45) is 1.59. The third-order valence-corrected chi connectivity index (χ3v) is 3.65. The van der Waals surface area contributed by atoms with Gasteiger partial charge < -0.3 is 9.47 Å². The number of fused-ring (bicyclic) bond motifs is 1. The van der Waals surface area contributed by atoms with Crippen molar-refractivity contribution in [3.05, 3.63) is 58.1 Å². The molecule has 0 bridgehead atoms. The van der Waals surface area contributed by atoms with Crippen LogP contribution < -0.4 is 14.9 Å². The highest BCUT2D eigenvalue weighted by Gasteiger charge is 2.13. The molecule has 0 unspecified atom stereocenters. The summed E-state index contributed by atoms with van der Waals surface area (Å²) in [6, 6.07) is 12.2. The number of hydrogen-bond donors (Lipinski definition) is 1. The van der Waals surface area contributed by atoms with Crippen molar-refractivity contribution in [2.75, 3.05) is 12.2 Å². The molecule has 7 nitrogen and oxygen atoms in total. The van der Waals surface area contributed by atoms with Crippen molar-refractivity contribution in [3.63, 3.8) is 0 Å². The Hall–Kier alpha value is -3.09. The fraction of sp³-hybridized carbons (Fsp3) is 0.235. The SMILES string of the molecule is C/C(CCc1ccc2c(c1)OCO2)=N/Nc1cccc([N+](=O)[O-])c1. The van der Waals surface area contributed by atoms with E-state index in [0.717, 1.165) is 35.6 Å². The second-order valence-electron chi connectivity index (χ2n) is 5.45. The zero-order chi connectivity index (χ0) is 16.9. The zero-order valence-corrected chi connectivity index (χ0v) is 13.2. The number of nitrogens with zero attached hydrogens (tertiary/aromatic N) is 2. The number of benzene rings is 2. The van der Waals surface area contributed by atoms with Crippen molar-refractivity contribution in [2.24, 2.45) is 5.10 Å². The van der Waals surface area contributed by atoms with E-state index in [9.17, 15) is 10.1 Å². The van der Waals surface area contributed by atoms with Crippen molar-refractivity contribution in [2.45, 2.75) is 19.8 Å². The fourth-order valence-corrected chi connectivity index (χ4v) is 2.33. The highest BCUT2D eigenvalue weighted by molar-refractivity contribution is 5.82. The van der Waals surface area contributed by atoms with Gasteiger partial charge in [-0.1, -0.05) is 12.1 Å². The minimum atomic E-state index is -0.429. The van der Waals surface area contributed by atoms with Crippen molar-refractivity contribution in [3.8, 4) is 11.5 Å². The van der Waals surface area contributed by atoms with Gasteiger partial charge in [0.2, 0.25) is 6.79 Å². The molecule has 1 aliphatic heterocycles. The summed E-state index contributed by atoms with van der Waals surface area (Å²) in [6.45, 7) is 2.18. The second kappa shape index (κ2) is 6.99. The first-order chi connectivity index (χ1) is 11.6. The molecular weight excluding hydrogens is 310 g/mol. The molecule has 0 radical (unpaired) electrons. The lowest BCUT2D eigenvalue weighted by atomic mass is 10.1. The lowest BCUT2D eigenvalue weighted by Crippen LogP contribution is -2.00. The summed E-state index contributed by atoms with van der Waals surface area (Å²) in [5.41, 5.74) is 5.53. The summed E-state index contributed by atoms with van der Waals surface area (Å²) < 4.78 is 10.7. The molecule has 124 valence electrons. The van der Waals surface area contributed by atoms with Gasteiger partial charge in [0.05, 0.1) is 10.6 Å². The first kappa shape index (κ1) is 15.8. The normalized spacial score (nSPS) is 13.0. The number of nitro benzene ring substituents is 1. The van der Waals surface area contributed by atoms with Crippen molar-refractivity contribution in [1.82, 2.24) is 0 Å². The molecule has 2 aromatic carbocycles. The maximum Gasteiger partial charge on any atom is 0.271 e. The minimum Gasteiger partial charge on any atom is -0.454 e. The summed E-state index contributed by atoms with van der Waals surface area (Å²) >= 11 is 0. The molecule has 7 heteroatoms. The van der Waals surface area contributed by atoms with E-state index in [-0.39, 0.29) is 12.5 Å². The first-order valence-electron chi connectivity index (χ1n) is 7.54. The molecule has 0 atom stereocenters. The lowest BCUT2D eigenvalue weighted by Gasteiger charge is -2.05. The Balaban J connectivity index is 1.56. The van der Waals surface area contributed by atoms with Crippen LogP contribution in [-0.4, -0.2) is 17.4 Å². The van der Waals surface area contributed by atoms with Crippen LogP contribution in [0, 0.1) is 10.1 Å². The standard InChI is InChI=1S/C17H17N3O4/c1-12(18-19-14-3-2-4-15(10-14)20(21)22)5-6-13-7-8-16-17(9-13)24-11-23-16/h2-4,7-10,19H,5-6,11H2,1H3/b18-12-. The van der Waals surface area contributed by atoms with E-state index in [1.54, 1.807) is 12.1 Å². The number of hydrogen-bond acceptors (Lipinski definition) is 6. The summed E-state index contributed by atoms with van der Waals surface area (Å²) in [5.74, 6) is 1.55. The van der Waals surface area contributed by atoms with Gasteiger partial charge in [-0.25, -0.2) is 0 Å². The molecule has 2 aromatic rings. The number of nitro groups is 1. The van der Waals surface area contributed by atoms with Crippen LogP contribution in [0.2, 0.25) is 0 Å². The molecule has 0 aliphatic carbocycles. The summed E-state index contributed by atoms with van der Waals surface area (Å²) in [7, 11) is 0. The van der Waals surface area contributed by atoms with Crippen molar-refractivity contribution in [1.29, 1.82) is 0 Å². The number of nitrogens with one attached hydrogen (secondary N) is 1. The van der Waals surface area contributed by atoms with Gasteiger partial charge in [0, 0.05) is 17.8 Å². The van der Waals surface area contributed by atoms with E-state index in [4.69, 9.17) is 9.47 Å². The lowest BCUT2D eigenvalue weighted by molar-refractivity contribution is -0.384. The first-order valence-corrected chi connectivity index (χ1v) is 7.54. The van der Waals surface area contributed by atoms with Gasteiger partial charge in [-0.15, -0.1) is 0 Å². The van der Waals surface area contributed by atoms with Gasteiger partial charge in [0.15, 0.2) is 11.5 Å². The van der Waals surface area contributed by atoms with E-state index in [1.165, 1.54) is 12.1 Å². The van der Waals surface area contributed by atoms with Crippen LogP contribution in [0.4, 0.5) is 11.4 Å². The average Bonchev–Trinajstić information content (AvgIpc) is 3.06. The summed E-state index contributed by atoms with van der Waals surface area (Å²) in [5, 5.41) is 15.0. The van der Waals surface area contributed by atoms with Crippen LogP contribution in [0.3, 0.4) is 0 Å². The molecule has 0 saturated carbocycles. The molecule has 0 aromatic heterocycles. The van der Waals surface area contributed by atoms with Crippen LogP contribution in [-0.2, 0) is 6.42 Å². The van der Waals surface area contributed by atoms with Gasteiger partial charge in [-0.2, -0.15) is 5.10 Å². The topological polar surface area (TPSA) is 86.0 Å². The van der Waals surface area contributed by atoms with Crippen molar-refractivity contribution >= 4 is 17.1 Å². The highest BCUT2D eigenvalue weighted by atomic mass is 16.7. The fourth-order valence-electron chi connectivity index (χ4n) is 2.33. The van der Waals surface area contributed by atoms with Crippen molar-refractivity contribution < 1.29 is 14.4 Å². The maximum atomic E-state index is 10.8. The van der Waals surface area contributed by atoms with Crippen LogP contribution in [0.5, 0.6) is 11.5 Å². The van der Waals surface area contributed by atoms with Gasteiger partial charge in [0.1, 0.15) is 0 Å². The van der Waals surface area contributed by atoms with E-state index in [0.29, 0.717) is 5.69 Å². The molecule has 0 fully saturated rings. The minimum absolute atomic E-state index is 0.0354. The Morgan fingerprint density at radius 3 is 2.92 bits per heavy atom. The maximum absolute atomic E-state index is 10.8. The molecular formula is C17H17N3O4. The molecule has 24 heavy (non-hydrogen) atoms. The Kier molecular flexibility index (Phi) is 4.60.